The monoisotopic (exact) mass is 470 g/mol. The summed E-state index contributed by atoms with van der Waals surface area (Å²) in [6.45, 7) is 0. The topological polar surface area (TPSA) is 60.7 Å². The zero-order chi connectivity index (χ0) is 18.9. The number of rotatable bonds is 0. The normalized spacial score (nSPS) is 8.38. The molecule has 0 bridgehead atoms. The van der Waals surface area contributed by atoms with Gasteiger partial charge in [-0.3, -0.25) is 6.08 Å². The van der Waals surface area contributed by atoms with Crippen LogP contribution in [0, 0.1) is 43.2 Å². The SMILES string of the molecule is Oc1ccccc1.Oc1ccccc1.Oc1ccccc1.[C-]1=CC=CC1.[CH3-].[CH3-].[CH3-].[CH3-].[CH3-].[Ti]. The van der Waals surface area contributed by atoms with Crippen LogP contribution in [-0.4, -0.2) is 15.3 Å². The molecule has 0 atom stereocenters. The van der Waals surface area contributed by atoms with Gasteiger partial charge < -0.3 is 52.5 Å². The largest absolute Gasteiger partial charge is 0.508 e. The Kier molecular flexibility index (Phi) is 41.1. The first kappa shape index (κ1) is 43.2. The van der Waals surface area contributed by atoms with Gasteiger partial charge in [-0.1, -0.05) is 54.6 Å². The molecule has 0 aliphatic heterocycles. The second-order valence-corrected chi connectivity index (χ2v) is 5.01. The van der Waals surface area contributed by atoms with Crippen LogP contribution < -0.4 is 0 Å². The number of benzene rings is 3. The summed E-state index contributed by atoms with van der Waals surface area (Å²) in [5, 5.41) is 25.9. The van der Waals surface area contributed by atoms with Crippen LogP contribution >= 0.6 is 0 Å². The molecule has 3 nitrogen and oxygen atoms in total. The molecule has 0 aromatic heterocycles. The quantitative estimate of drug-likeness (QED) is 0.233. The van der Waals surface area contributed by atoms with Crippen molar-refractivity contribution in [1.29, 1.82) is 0 Å². The van der Waals surface area contributed by atoms with E-state index in [1.807, 2.05) is 30.4 Å². The number of allylic oxidation sites excluding steroid dienone is 4. The first-order valence-corrected chi connectivity index (χ1v) is 8.12. The van der Waals surface area contributed by atoms with E-state index in [0.29, 0.717) is 17.2 Å². The summed E-state index contributed by atoms with van der Waals surface area (Å²) in [6, 6.07) is 26.1. The molecule has 0 saturated carbocycles. The molecule has 0 fully saturated rings. The summed E-state index contributed by atoms with van der Waals surface area (Å²) < 4.78 is 0. The Morgan fingerprint density at radius 3 is 0.875 bits per heavy atom. The number of hydrogen-bond acceptors (Lipinski definition) is 3. The fourth-order valence-corrected chi connectivity index (χ4v) is 1.62. The molecule has 4 rings (SSSR count). The maximum absolute atomic E-state index is 8.63. The van der Waals surface area contributed by atoms with Gasteiger partial charge >= 0.3 is 0 Å². The Hall–Kier alpha value is -2.75. The van der Waals surface area contributed by atoms with Crippen molar-refractivity contribution in [2.24, 2.45) is 0 Å². The first-order chi connectivity index (χ1) is 12.7. The molecule has 1 aliphatic rings. The van der Waals surface area contributed by atoms with E-state index in [1.165, 1.54) is 0 Å². The Bertz CT molecular complexity index is 644. The minimum absolute atomic E-state index is 0. The molecular weight excluding hydrogens is 432 g/mol. The molecule has 32 heavy (non-hydrogen) atoms. The van der Waals surface area contributed by atoms with Crippen molar-refractivity contribution < 1.29 is 37.0 Å². The van der Waals surface area contributed by atoms with Gasteiger partial charge in [-0.25, -0.2) is 12.2 Å². The Labute approximate surface area is 212 Å². The van der Waals surface area contributed by atoms with E-state index < -0.39 is 0 Å². The van der Waals surface area contributed by atoms with Crippen LogP contribution in [0.1, 0.15) is 6.42 Å². The molecular formula is C28H38O3Ti-6. The van der Waals surface area contributed by atoms with Gasteiger partial charge in [-0.15, -0.1) is 6.42 Å². The minimum atomic E-state index is 0. The van der Waals surface area contributed by atoms with Gasteiger partial charge in [0.1, 0.15) is 17.2 Å². The van der Waals surface area contributed by atoms with Crippen molar-refractivity contribution in [3.8, 4) is 17.2 Å². The van der Waals surface area contributed by atoms with E-state index in [4.69, 9.17) is 15.3 Å². The van der Waals surface area contributed by atoms with Crippen LogP contribution in [-0.2, 0) is 21.7 Å². The van der Waals surface area contributed by atoms with Gasteiger partial charge in [-0.2, -0.15) is 6.08 Å². The number of aromatic hydroxyl groups is 3. The molecule has 0 radical (unpaired) electrons. The number of hydrogen-bond donors (Lipinski definition) is 3. The van der Waals surface area contributed by atoms with E-state index in [9.17, 15) is 0 Å². The van der Waals surface area contributed by atoms with E-state index in [1.54, 1.807) is 72.8 Å². The molecule has 0 unspecified atom stereocenters. The summed E-state index contributed by atoms with van der Waals surface area (Å²) in [5.74, 6) is 0.965. The molecule has 1 aliphatic carbocycles. The third kappa shape index (κ3) is 27.3. The van der Waals surface area contributed by atoms with Crippen molar-refractivity contribution in [1.82, 2.24) is 0 Å². The average molecular weight is 470 g/mol. The van der Waals surface area contributed by atoms with Crippen molar-refractivity contribution in [3.63, 3.8) is 0 Å². The number of phenols is 3. The molecule has 3 aromatic rings. The third-order valence-electron chi connectivity index (χ3n) is 2.85. The molecule has 0 heterocycles. The van der Waals surface area contributed by atoms with Crippen LogP contribution in [0.3, 0.4) is 0 Å². The number of phenolic OH excluding ortho intramolecular Hbond substituents is 3. The average Bonchev–Trinajstić information content (AvgIpc) is 3.25. The Balaban J connectivity index is -0.0000000666. The smallest absolute Gasteiger partial charge is 0.115 e. The molecule has 4 heteroatoms. The number of para-hydroxylation sites is 3. The van der Waals surface area contributed by atoms with Gasteiger partial charge in [0, 0.05) is 21.7 Å². The van der Waals surface area contributed by atoms with Crippen LogP contribution in [0.25, 0.3) is 0 Å². The maximum atomic E-state index is 8.63. The predicted molar refractivity (Wildman–Crippen MR) is 138 cm³/mol. The summed E-state index contributed by atoms with van der Waals surface area (Å²) in [5.41, 5.74) is 0. The van der Waals surface area contributed by atoms with Gasteiger partial charge in [0.2, 0.25) is 0 Å². The van der Waals surface area contributed by atoms with Crippen molar-refractivity contribution in [3.05, 3.63) is 152 Å². The van der Waals surface area contributed by atoms with Gasteiger partial charge in [0.05, 0.1) is 0 Å². The second-order valence-electron chi connectivity index (χ2n) is 5.01. The van der Waals surface area contributed by atoms with Crippen molar-refractivity contribution in [2.45, 2.75) is 6.42 Å². The third-order valence-corrected chi connectivity index (χ3v) is 2.85. The van der Waals surface area contributed by atoms with Crippen LogP contribution in [0.5, 0.6) is 17.2 Å². The van der Waals surface area contributed by atoms with Crippen molar-refractivity contribution >= 4 is 0 Å². The van der Waals surface area contributed by atoms with E-state index in [0.717, 1.165) is 6.42 Å². The molecule has 3 N–H and O–H groups in total. The van der Waals surface area contributed by atoms with Gasteiger partial charge in [0.15, 0.2) is 0 Å². The summed E-state index contributed by atoms with van der Waals surface area (Å²) >= 11 is 0. The predicted octanol–water partition coefficient (Wildman–Crippen LogP) is 7.73. The first-order valence-electron chi connectivity index (χ1n) is 8.12. The van der Waals surface area contributed by atoms with Gasteiger partial charge in [0.25, 0.3) is 0 Å². The Morgan fingerprint density at radius 2 is 0.781 bits per heavy atom. The zero-order valence-electron chi connectivity index (χ0n) is 19.9. The Morgan fingerprint density at radius 1 is 0.500 bits per heavy atom. The van der Waals surface area contributed by atoms with Gasteiger partial charge in [-0.05, 0) is 36.4 Å². The molecule has 3 aromatic carbocycles. The summed E-state index contributed by atoms with van der Waals surface area (Å²) in [4.78, 5) is 0. The summed E-state index contributed by atoms with van der Waals surface area (Å²) in [7, 11) is 0. The van der Waals surface area contributed by atoms with E-state index in [-0.39, 0.29) is 58.9 Å². The fraction of sp³-hybridized carbons (Fsp3) is 0.0357. The van der Waals surface area contributed by atoms with E-state index >= 15 is 0 Å². The molecule has 178 valence electrons. The molecule has 0 amide bonds. The second kappa shape index (κ2) is 30.4. The molecule has 0 spiro atoms. The maximum Gasteiger partial charge on any atom is 0.115 e. The van der Waals surface area contributed by atoms with E-state index in [2.05, 4.69) is 12.2 Å². The fourth-order valence-electron chi connectivity index (χ4n) is 1.62. The zero-order valence-corrected chi connectivity index (χ0v) is 21.5. The van der Waals surface area contributed by atoms with Crippen LogP contribution in [0.4, 0.5) is 0 Å². The van der Waals surface area contributed by atoms with Crippen LogP contribution in [0.15, 0.2) is 109 Å². The molecule has 0 saturated heterocycles. The summed E-state index contributed by atoms with van der Waals surface area (Å²) in [6.07, 6.45) is 10.0. The van der Waals surface area contributed by atoms with Crippen LogP contribution in [0.2, 0.25) is 0 Å². The minimum Gasteiger partial charge on any atom is -0.508 e. The standard InChI is InChI=1S/3C6H6O.C5H5.5CH3.Ti/c3*7-6-4-2-1-3-5-6;1-2-4-5-3-1;;;;;;/h3*1-5,7H;1-3H,4H2;5*1H3;/q;;;6*-1;. The van der Waals surface area contributed by atoms with Crippen molar-refractivity contribution in [2.75, 3.05) is 0 Å².